The Balaban J connectivity index is 4.13. The van der Waals surface area contributed by atoms with Crippen LogP contribution in [0.1, 0.15) is 13.3 Å². The molecular weight excluding hydrogens is 291 g/mol. The smallest absolute Gasteiger partial charge is 0.129 e. The highest BCUT2D eigenvalue weighted by atomic mass is 127. The molecule has 13 heavy (non-hydrogen) atoms. The van der Waals surface area contributed by atoms with E-state index in [9.17, 15) is 5.11 Å². The van der Waals surface area contributed by atoms with Crippen LogP contribution in [0, 0.1) is 11.5 Å². The van der Waals surface area contributed by atoms with Gasteiger partial charge in [0.15, 0.2) is 0 Å². The molecule has 0 aromatic heterocycles. The van der Waals surface area contributed by atoms with Crippen molar-refractivity contribution < 1.29 is 5.11 Å². The van der Waals surface area contributed by atoms with Gasteiger partial charge >= 0.3 is 0 Å². The monoisotopic (exact) mass is 308 g/mol. The summed E-state index contributed by atoms with van der Waals surface area (Å²) in [6.07, 6.45) is 0.179. The van der Waals surface area contributed by atoms with Crippen LogP contribution in [0.3, 0.4) is 0 Å². The van der Waals surface area contributed by atoms with Gasteiger partial charge in [-0.15, -0.1) is 5.54 Å². The van der Waals surface area contributed by atoms with Gasteiger partial charge in [-0.3, -0.25) is 0 Å². The van der Waals surface area contributed by atoms with Crippen LogP contribution >= 0.6 is 22.6 Å². The van der Waals surface area contributed by atoms with E-state index in [4.69, 9.17) is 0 Å². The second-order valence-corrected chi connectivity index (χ2v) is 9.57. The number of halogens is 1. The van der Waals surface area contributed by atoms with Crippen molar-refractivity contribution >= 4 is 30.7 Å². The van der Waals surface area contributed by atoms with Crippen molar-refractivity contribution in [2.24, 2.45) is 0 Å². The Bertz CT molecular complexity index is 242. The molecule has 0 radical (unpaired) electrons. The van der Waals surface area contributed by atoms with Crippen molar-refractivity contribution in [3.05, 3.63) is 9.66 Å². The quantitative estimate of drug-likeness (QED) is 0.472. The first-order chi connectivity index (χ1) is 5.85. The normalized spacial score (nSPS) is 14.8. The van der Waals surface area contributed by atoms with Crippen LogP contribution in [0.25, 0.3) is 0 Å². The highest BCUT2D eigenvalue weighted by Gasteiger charge is 2.08. The lowest BCUT2D eigenvalue weighted by molar-refractivity contribution is 0.233. The van der Waals surface area contributed by atoms with Gasteiger partial charge < -0.3 is 5.11 Å². The van der Waals surface area contributed by atoms with E-state index in [2.05, 4.69) is 53.7 Å². The summed E-state index contributed by atoms with van der Waals surface area (Å²) in [5, 5.41) is 9.52. The number of hydrogen-bond acceptors (Lipinski definition) is 1. The first kappa shape index (κ1) is 13.2. The third kappa shape index (κ3) is 8.53. The largest absolute Gasteiger partial charge is 0.380 e. The molecule has 0 spiro atoms. The van der Waals surface area contributed by atoms with Crippen LogP contribution in [-0.2, 0) is 0 Å². The lowest BCUT2D eigenvalue weighted by Crippen LogP contribution is -2.18. The Morgan fingerprint density at radius 2 is 2.08 bits per heavy atom. The van der Waals surface area contributed by atoms with E-state index < -0.39 is 14.2 Å². The summed E-state index contributed by atoms with van der Waals surface area (Å²) in [4.78, 5) is 0. The molecule has 0 aliphatic carbocycles. The third-order valence-corrected chi connectivity index (χ3v) is 3.27. The van der Waals surface area contributed by atoms with E-state index in [1.165, 1.54) is 5.57 Å². The molecule has 0 heterocycles. The summed E-state index contributed by atoms with van der Waals surface area (Å²) in [5.41, 5.74) is 4.34. The summed E-state index contributed by atoms with van der Waals surface area (Å²) in [6.45, 7) is 8.53. The van der Waals surface area contributed by atoms with Crippen LogP contribution < -0.4 is 0 Å². The van der Waals surface area contributed by atoms with E-state index in [1.807, 2.05) is 11.0 Å². The SMILES string of the molecule is CC(=CI)C[C@H](O)C#C[Si](C)(C)C. The van der Waals surface area contributed by atoms with Gasteiger partial charge in [-0.05, 0) is 11.0 Å². The van der Waals surface area contributed by atoms with Gasteiger partial charge in [-0.25, -0.2) is 0 Å². The predicted molar refractivity (Wildman–Crippen MR) is 69.5 cm³/mol. The number of aliphatic hydroxyl groups excluding tert-OH is 1. The van der Waals surface area contributed by atoms with Crippen LogP contribution in [-0.4, -0.2) is 19.3 Å². The molecule has 0 aliphatic rings. The highest BCUT2D eigenvalue weighted by Crippen LogP contribution is 2.07. The summed E-state index contributed by atoms with van der Waals surface area (Å²) in [7, 11) is -1.32. The van der Waals surface area contributed by atoms with Gasteiger partial charge in [0.1, 0.15) is 14.2 Å². The first-order valence-corrected chi connectivity index (χ1v) is 9.06. The van der Waals surface area contributed by atoms with Crippen LogP contribution in [0.2, 0.25) is 19.6 Å². The molecule has 1 N–H and O–H groups in total. The molecule has 0 saturated carbocycles. The standard InChI is InChI=1S/C10H17IOSi/c1-9(8-11)7-10(12)5-6-13(2,3)4/h8,10,12H,7H2,1-4H3/t10-/m1/s1. The van der Waals surface area contributed by atoms with E-state index in [-0.39, 0.29) is 0 Å². The molecule has 0 saturated heterocycles. The molecule has 0 unspecified atom stereocenters. The zero-order chi connectivity index (χ0) is 10.5. The fourth-order valence-electron chi connectivity index (χ4n) is 0.700. The lowest BCUT2D eigenvalue weighted by Gasteiger charge is -2.06. The number of aliphatic hydroxyl groups is 1. The average molecular weight is 308 g/mol. The van der Waals surface area contributed by atoms with Gasteiger partial charge in [0.25, 0.3) is 0 Å². The minimum Gasteiger partial charge on any atom is -0.380 e. The zero-order valence-electron chi connectivity index (χ0n) is 8.69. The van der Waals surface area contributed by atoms with Gasteiger partial charge in [0, 0.05) is 6.42 Å². The maximum atomic E-state index is 9.52. The summed E-state index contributed by atoms with van der Waals surface area (Å²) in [6, 6.07) is 0. The van der Waals surface area contributed by atoms with Gasteiger partial charge in [0.2, 0.25) is 0 Å². The number of rotatable bonds is 2. The molecule has 0 aliphatic heterocycles. The Morgan fingerprint density at radius 1 is 1.54 bits per heavy atom. The average Bonchev–Trinajstić information content (AvgIpc) is 1.99. The Labute approximate surface area is 95.8 Å². The van der Waals surface area contributed by atoms with Crippen molar-refractivity contribution in [2.45, 2.75) is 39.1 Å². The molecule has 74 valence electrons. The van der Waals surface area contributed by atoms with E-state index >= 15 is 0 Å². The molecule has 0 fully saturated rings. The minimum atomic E-state index is -1.32. The molecule has 0 aromatic rings. The fourth-order valence-corrected chi connectivity index (χ4v) is 1.55. The summed E-state index contributed by atoms with van der Waals surface area (Å²) >= 11 is 2.18. The van der Waals surface area contributed by atoms with Crippen molar-refractivity contribution in [1.82, 2.24) is 0 Å². The molecule has 1 atom stereocenters. The molecule has 0 amide bonds. The van der Waals surface area contributed by atoms with Crippen molar-refractivity contribution in [3.63, 3.8) is 0 Å². The first-order valence-electron chi connectivity index (χ1n) is 4.32. The highest BCUT2D eigenvalue weighted by molar-refractivity contribution is 14.1. The van der Waals surface area contributed by atoms with Crippen molar-refractivity contribution in [1.29, 1.82) is 0 Å². The molecular formula is C10H17IOSi. The van der Waals surface area contributed by atoms with Crippen molar-refractivity contribution in [2.75, 3.05) is 0 Å². The van der Waals surface area contributed by atoms with Crippen LogP contribution in [0.5, 0.6) is 0 Å². The van der Waals surface area contributed by atoms with Gasteiger partial charge in [-0.1, -0.05) is 53.7 Å². The van der Waals surface area contributed by atoms with Crippen LogP contribution in [0.15, 0.2) is 9.66 Å². The Kier molecular flexibility index (Phi) is 5.93. The van der Waals surface area contributed by atoms with Gasteiger partial charge in [-0.2, -0.15) is 0 Å². The minimum absolute atomic E-state index is 0.488. The molecule has 0 aromatic carbocycles. The third-order valence-electron chi connectivity index (χ3n) is 1.32. The second-order valence-electron chi connectivity index (χ2n) is 4.19. The van der Waals surface area contributed by atoms with E-state index in [0.717, 1.165) is 0 Å². The van der Waals surface area contributed by atoms with Crippen molar-refractivity contribution in [3.8, 4) is 11.5 Å². The molecule has 3 heteroatoms. The zero-order valence-corrected chi connectivity index (χ0v) is 11.8. The lowest BCUT2D eigenvalue weighted by atomic mass is 10.2. The maximum absolute atomic E-state index is 9.52. The Hall–Kier alpha value is 0.207. The van der Waals surface area contributed by atoms with Crippen LogP contribution in [0.4, 0.5) is 0 Å². The summed E-state index contributed by atoms with van der Waals surface area (Å²) < 4.78 is 1.98. The number of hydrogen-bond donors (Lipinski definition) is 1. The predicted octanol–water partition coefficient (Wildman–Crippen LogP) is 2.96. The molecule has 0 rings (SSSR count). The van der Waals surface area contributed by atoms with Gasteiger partial charge in [0.05, 0.1) is 0 Å². The fraction of sp³-hybridized carbons (Fsp3) is 0.600. The molecule has 1 nitrogen and oxygen atoms in total. The Morgan fingerprint density at radius 3 is 2.46 bits per heavy atom. The maximum Gasteiger partial charge on any atom is 0.129 e. The second kappa shape index (κ2) is 5.84. The van der Waals surface area contributed by atoms with E-state index in [1.54, 1.807) is 0 Å². The van der Waals surface area contributed by atoms with E-state index in [0.29, 0.717) is 6.42 Å². The molecule has 0 bridgehead atoms. The summed E-state index contributed by atoms with van der Waals surface area (Å²) in [5.74, 6) is 2.91. The topological polar surface area (TPSA) is 20.2 Å².